The molecule has 2 heterocycles. The quantitative estimate of drug-likeness (QED) is 0.865. The lowest BCUT2D eigenvalue weighted by atomic mass is 9.79. The molecule has 1 N–H and O–H groups in total. The van der Waals surface area contributed by atoms with Gasteiger partial charge in [0.1, 0.15) is 6.61 Å². The summed E-state index contributed by atoms with van der Waals surface area (Å²) in [6.07, 6.45) is 1.04. The van der Waals surface area contributed by atoms with E-state index in [2.05, 4.69) is 11.8 Å². The van der Waals surface area contributed by atoms with Gasteiger partial charge in [-0.25, -0.2) is 4.79 Å². The second-order valence-corrected chi connectivity index (χ2v) is 6.53. The van der Waals surface area contributed by atoms with E-state index in [1.807, 2.05) is 30.3 Å². The lowest BCUT2D eigenvalue weighted by molar-refractivity contribution is -0.131. The molecule has 128 valence electrons. The van der Waals surface area contributed by atoms with Crippen LogP contribution in [0.3, 0.4) is 0 Å². The highest BCUT2D eigenvalue weighted by Gasteiger charge is 2.48. The van der Waals surface area contributed by atoms with Crippen molar-refractivity contribution in [2.75, 3.05) is 13.2 Å². The Balaban J connectivity index is 1.65. The SMILES string of the molecule is CC#CCC1(O)CC2COCC(C1)N2C(=O)OCc1ccccc1. The second-order valence-electron chi connectivity index (χ2n) is 6.53. The highest BCUT2D eigenvalue weighted by Crippen LogP contribution is 2.36. The Morgan fingerprint density at radius 2 is 2.00 bits per heavy atom. The van der Waals surface area contributed by atoms with Gasteiger partial charge >= 0.3 is 6.09 Å². The Labute approximate surface area is 142 Å². The van der Waals surface area contributed by atoms with Crippen molar-refractivity contribution < 1.29 is 19.4 Å². The first-order valence-corrected chi connectivity index (χ1v) is 8.30. The smallest absolute Gasteiger partial charge is 0.410 e. The van der Waals surface area contributed by atoms with Crippen LogP contribution in [0.4, 0.5) is 4.79 Å². The minimum atomic E-state index is -0.849. The van der Waals surface area contributed by atoms with Gasteiger partial charge < -0.3 is 14.6 Å². The Morgan fingerprint density at radius 1 is 1.33 bits per heavy atom. The first kappa shape index (κ1) is 16.8. The number of aliphatic hydroxyl groups is 1. The number of nitrogens with zero attached hydrogens (tertiary/aromatic N) is 1. The summed E-state index contributed by atoms with van der Waals surface area (Å²) in [4.78, 5) is 14.3. The zero-order valence-electron chi connectivity index (χ0n) is 13.9. The molecule has 24 heavy (non-hydrogen) atoms. The van der Waals surface area contributed by atoms with Crippen LogP contribution in [0.15, 0.2) is 30.3 Å². The van der Waals surface area contributed by atoms with Gasteiger partial charge in [0, 0.05) is 6.42 Å². The molecule has 0 spiro atoms. The molecule has 0 aromatic heterocycles. The normalized spacial score (nSPS) is 28.7. The Bertz CT molecular complexity index is 620. The zero-order chi connectivity index (χ0) is 17.0. The van der Waals surface area contributed by atoms with Crippen LogP contribution in [0, 0.1) is 11.8 Å². The van der Waals surface area contributed by atoms with Gasteiger partial charge in [0.2, 0.25) is 0 Å². The number of hydrogen-bond donors (Lipinski definition) is 1. The number of morpholine rings is 1. The van der Waals surface area contributed by atoms with Gasteiger partial charge in [-0.2, -0.15) is 0 Å². The molecule has 1 aromatic carbocycles. The Hall–Kier alpha value is -2.03. The fraction of sp³-hybridized carbons (Fsp3) is 0.526. The average molecular weight is 329 g/mol. The number of fused-ring (bicyclic) bond motifs is 2. The lowest BCUT2D eigenvalue weighted by Crippen LogP contribution is -2.63. The van der Waals surface area contributed by atoms with Crippen molar-refractivity contribution in [1.29, 1.82) is 0 Å². The maximum absolute atomic E-state index is 12.5. The minimum Gasteiger partial charge on any atom is -0.445 e. The number of benzene rings is 1. The van der Waals surface area contributed by atoms with Gasteiger partial charge in [-0.15, -0.1) is 11.8 Å². The molecule has 1 aromatic rings. The molecular formula is C19H23NO4. The number of carbonyl (C=O) groups excluding carboxylic acids is 1. The van der Waals surface area contributed by atoms with E-state index in [4.69, 9.17) is 9.47 Å². The van der Waals surface area contributed by atoms with Gasteiger partial charge in [-0.05, 0) is 25.3 Å². The Morgan fingerprint density at radius 3 is 2.62 bits per heavy atom. The van der Waals surface area contributed by atoms with Crippen LogP contribution >= 0.6 is 0 Å². The van der Waals surface area contributed by atoms with Crippen LogP contribution in [0.1, 0.15) is 31.7 Å². The van der Waals surface area contributed by atoms with E-state index in [0.717, 1.165) is 5.56 Å². The minimum absolute atomic E-state index is 0.163. The molecule has 0 saturated carbocycles. The van der Waals surface area contributed by atoms with Gasteiger partial charge in [-0.3, -0.25) is 4.90 Å². The summed E-state index contributed by atoms with van der Waals surface area (Å²) in [6.45, 7) is 2.88. The zero-order valence-corrected chi connectivity index (χ0v) is 13.9. The van der Waals surface area contributed by atoms with Crippen LogP contribution < -0.4 is 0 Å². The highest BCUT2D eigenvalue weighted by molar-refractivity contribution is 5.69. The van der Waals surface area contributed by atoms with Gasteiger partial charge in [0.25, 0.3) is 0 Å². The van der Waals surface area contributed by atoms with Crippen molar-refractivity contribution >= 4 is 6.09 Å². The number of piperidine rings is 1. The third-order valence-electron chi connectivity index (χ3n) is 4.65. The molecule has 2 fully saturated rings. The highest BCUT2D eigenvalue weighted by atomic mass is 16.6. The standard InChI is InChI=1S/C19H23NO4/c1-2-3-9-19(22)10-16-13-23-14-17(11-19)20(16)18(21)24-12-15-7-5-4-6-8-15/h4-8,16-17,22H,9-14H2,1H3. The molecule has 2 unspecified atom stereocenters. The maximum atomic E-state index is 12.5. The third kappa shape index (κ3) is 3.72. The van der Waals surface area contributed by atoms with Crippen LogP contribution in [-0.2, 0) is 16.1 Å². The fourth-order valence-corrected chi connectivity index (χ4v) is 3.56. The molecule has 2 aliphatic heterocycles. The lowest BCUT2D eigenvalue weighted by Gasteiger charge is -2.50. The van der Waals surface area contributed by atoms with E-state index < -0.39 is 5.60 Å². The monoisotopic (exact) mass is 329 g/mol. The number of rotatable bonds is 3. The summed E-state index contributed by atoms with van der Waals surface area (Å²) in [7, 11) is 0. The van der Waals surface area contributed by atoms with E-state index in [0.29, 0.717) is 32.5 Å². The first-order chi connectivity index (χ1) is 11.6. The van der Waals surface area contributed by atoms with E-state index in [1.54, 1.807) is 11.8 Å². The summed E-state index contributed by atoms with van der Waals surface area (Å²) in [6, 6.07) is 9.29. The molecule has 1 amide bonds. The van der Waals surface area contributed by atoms with E-state index >= 15 is 0 Å². The molecular weight excluding hydrogens is 306 g/mol. The number of carbonyl (C=O) groups is 1. The van der Waals surface area contributed by atoms with E-state index in [1.165, 1.54) is 0 Å². The molecule has 2 aliphatic rings. The second kappa shape index (κ2) is 7.25. The van der Waals surface area contributed by atoms with Gasteiger partial charge in [0.05, 0.1) is 30.9 Å². The van der Waals surface area contributed by atoms with E-state index in [-0.39, 0.29) is 24.8 Å². The molecule has 2 saturated heterocycles. The molecule has 2 atom stereocenters. The summed E-state index contributed by atoms with van der Waals surface area (Å²) in [5.74, 6) is 5.79. The third-order valence-corrected chi connectivity index (χ3v) is 4.65. The van der Waals surface area contributed by atoms with Crippen molar-refractivity contribution in [3.63, 3.8) is 0 Å². The van der Waals surface area contributed by atoms with Crippen LogP contribution in [0.5, 0.6) is 0 Å². The van der Waals surface area contributed by atoms with Crippen LogP contribution in [-0.4, -0.2) is 47.0 Å². The van der Waals surface area contributed by atoms with Crippen LogP contribution in [0.2, 0.25) is 0 Å². The predicted octanol–water partition coefficient (Wildman–Crippen LogP) is 2.33. The molecule has 0 aliphatic carbocycles. The van der Waals surface area contributed by atoms with Crippen LogP contribution in [0.25, 0.3) is 0 Å². The van der Waals surface area contributed by atoms with Crippen molar-refractivity contribution in [3.8, 4) is 11.8 Å². The van der Waals surface area contributed by atoms with Gasteiger partial charge in [-0.1, -0.05) is 30.3 Å². The predicted molar refractivity (Wildman–Crippen MR) is 89.1 cm³/mol. The maximum Gasteiger partial charge on any atom is 0.410 e. The number of hydrogen-bond acceptors (Lipinski definition) is 4. The summed E-state index contributed by atoms with van der Waals surface area (Å²) in [5.41, 5.74) is 0.109. The average Bonchev–Trinajstić information content (AvgIpc) is 2.58. The van der Waals surface area contributed by atoms with Crippen molar-refractivity contribution in [2.45, 2.75) is 50.5 Å². The van der Waals surface area contributed by atoms with E-state index in [9.17, 15) is 9.90 Å². The molecule has 3 rings (SSSR count). The molecule has 0 radical (unpaired) electrons. The molecule has 2 bridgehead atoms. The van der Waals surface area contributed by atoms with Gasteiger partial charge in [0.15, 0.2) is 0 Å². The number of amides is 1. The Kier molecular flexibility index (Phi) is 5.08. The summed E-state index contributed by atoms with van der Waals surface area (Å²) in [5, 5.41) is 10.8. The van der Waals surface area contributed by atoms with Crippen molar-refractivity contribution in [3.05, 3.63) is 35.9 Å². The summed E-state index contributed by atoms with van der Waals surface area (Å²) >= 11 is 0. The number of ether oxygens (including phenoxy) is 2. The topological polar surface area (TPSA) is 59.0 Å². The van der Waals surface area contributed by atoms with Crippen molar-refractivity contribution in [2.24, 2.45) is 0 Å². The van der Waals surface area contributed by atoms with Crippen molar-refractivity contribution in [1.82, 2.24) is 4.90 Å². The fourth-order valence-electron chi connectivity index (χ4n) is 3.56. The largest absolute Gasteiger partial charge is 0.445 e. The molecule has 5 nitrogen and oxygen atoms in total. The molecule has 5 heteroatoms. The summed E-state index contributed by atoms with van der Waals surface area (Å²) < 4.78 is 11.1. The first-order valence-electron chi connectivity index (χ1n) is 8.30.